The number of aromatic nitrogens is 1. The lowest BCUT2D eigenvalue weighted by molar-refractivity contribution is -0.134. The molecule has 1 aromatic heterocycles. The monoisotopic (exact) mass is 316 g/mol. The van der Waals surface area contributed by atoms with Gasteiger partial charge in [0, 0.05) is 25.6 Å². The number of oxazole rings is 1. The molecule has 1 aliphatic carbocycles. The van der Waals surface area contributed by atoms with Crippen molar-refractivity contribution >= 4 is 17.0 Å². The van der Waals surface area contributed by atoms with Crippen LogP contribution in [0.4, 0.5) is 0 Å². The third-order valence-corrected chi connectivity index (χ3v) is 4.80. The number of hydrogen-bond donors (Lipinski definition) is 0. The van der Waals surface area contributed by atoms with Crippen LogP contribution in [0.1, 0.15) is 45.4 Å². The van der Waals surface area contributed by atoms with E-state index < -0.39 is 0 Å². The summed E-state index contributed by atoms with van der Waals surface area (Å²) in [5.74, 6) is -0.253. The maximum absolute atomic E-state index is 12.6. The zero-order valence-electron chi connectivity index (χ0n) is 13.7. The van der Waals surface area contributed by atoms with Crippen LogP contribution in [-0.4, -0.2) is 28.0 Å². The molecule has 0 bridgehead atoms. The van der Waals surface area contributed by atoms with E-state index in [-0.39, 0.29) is 11.7 Å². The second-order valence-electron chi connectivity index (χ2n) is 6.21. The van der Waals surface area contributed by atoms with E-state index in [2.05, 4.69) is 0 Å². The molecule has 1 fully saturated rings. The van der Waals surface area contributed by atoms with Crippen molar-refractivity contribution in [2.24, 2.45) is 0 Å². The van der Waals surface area contributed by atoms with Crippen molar-refractivity contribution in [2.75, 3.05) is 6.54 Å². The van der Waals surface area contributed by atoms with Crippen molar-refractivity contribution in [2.45, 2.75) is 58.0 Å². The minimum atomic E-state index is -0.389. The molecule has 1 aromatic carbocycles. The Balaban J connectivity index is 1.69. The number of carbonyl (C=O) groups excluding carboxylic acids is 1. The van der Waals surface area contributed by atoms with Gasteiger partial charge in [0.05, 0.1) is 5.52 Å². The highest BCUT2D eigenvalue weighted by molar-refractivity contribution is 5.77. The first-order chi connectivity index (χ1) is 11.2. The van der Waals surface area contributed by atoms with Gasteiger partial charge in [-0.2, -0.15) is 0 Å². The summed E-state index contributed by atoms with van der Waals surface area (Å²) in [7, 11) is 0. The molecular formula is C18H24N2O3. The fourth-order valence-corrected chi connectivity index (χ4v) is 3.61. The second-order valence-corrected chi connectivity index (χ2v) is 6.21. The molecule has 0 N–H and O–H groups in total. The highest BCUT2D eigenvalue weighted by Gasteiger charge is 2.24. The maximum Gasteiger partial charge on any atom is 0.419 e. The predicted molar refractivity (Wildman–Crippen MR) is 89.4 cm³/mol. The van der Waals surface area contributed by atoms with E-state index in [1.165, 1.54) is 19.3 Å². The SMILES string of the molecule is CCN(C(=O)CCn1c(=O)oc2ccccc21)C1CCCCC1. The summed E-state index contributed by atoms with van der Waals surface area (Å²) >= 11 is 0. The number of hydrogen-bond acceptors (Lipinski definition) is 3. The zero-order valence-corrected chi connectivity index (χ0v) is 13.7. The van der Waals surface area contributed by atoms with Gasteiger partial charge in [-0.15, -0.1) is 0 Å². The smallest absolute Gasteiger partial charge is 0.408 e. The largest absolute Gasteiger partial charge is 0.419 e. The number of carbonyl (C=O) groups is 1. The summed E-state index contributed by atoms with van der Waals surface area (Å²) in [6.45, 7) is 3.15. The molecule has 0 spiro atoms. The average Bonchev–Trinajstić information content (AvgIpc) is 2.90. The lowest BCUT2D eigenvalue weighted by Gasteiger charge is -2.33. The van der Waals surface area contributed by atoms with Gasteiger partial charge in [-0.3, -0.25) is 9.36 Å². The summed E-state index contributed by atoms with van der Waals surface area (Å²) in [6, 6.07) is 7.71. The van der Waals surface area contributed by atoms with Gasteiger partial charge in [0.2, 0.25) is 5.91 Å². The normalized spacial score (nSPS) is 15.9. The quantitative estimate of drug-likeness (QED) is 0.851. The molecule has 3 rings (SSSR count). The van der Waals surface area contributed by atoms with Crippen LogP contribution >= 0.6 is 0 Å². The highest BCUT2D eigenvalue weighted by atomic mass is 16.4. The third kappa shape index (κ3) is 3.33. The van der Waals surface area contributed by atoms with Crippen LogP contribution in [0.15, 0.2) is 33.5 Å². The zero-order chi connectivity index (χ0) is 16.2. The van der Waals surface area contributed by atoms with Crippen molar-refractivity contribution in [3.63, 3.8) is 0 Å². The van der Waals surface area contributed by atoms with Gasteiger partial charge in [0.25, 0.3) is 0 Å². The Kier molecular flexibility index (Phi) is 4.84. The average molecular weight is 316 g/mol. The van der Waals surface area contributed by atoms with Crippen LogP contribution < -0.4 is 5.76 Å². The molecule has 5 heteroatoms. The topological polar surface area (TPSA) is 55.5 Å². The number of amides is 1. The van der Waals surface area contributed by atoms with E-state index in [4.69, 9.17) is 4.42 Å². The molecule has 0 atom stereocenters. The van der Waals surface area contributed by atoms with Crippen molar-refractivity contribution < 1.29 is 9.21 Å². The summed E-state index contributed by atoms with van der Waals surface area (Å²) in [4.78, 5) is 26.6. The Hall–Kier alpha value is -2.04. The van der Waals surface area contributed by atoms with E-state index in [9.17, 15) is 9.59 Å². The maximum atomic E-state index is 12.6. The lowest BCUT2D eigenvalue weighted by Crippen LogP contribution is -2.41. The first-order valence-corrected chi connectivity index (χ1v) is 8.58. The number of rotatable bonds is 5. The van der Waals surface area contributed by atoms with Crippen LogP contribution in [0, 0.1) is 0 Å². The molecule has 124 valence electrons. The summed E-state index contributed by atoms with van der Waals surface area (Å²) in [5, 5.41) is 0. The molecule has 1 saturated carbocycles. The molecular weight excluding hydrogens is 292 g/mol. The molecule has 0 radical (unpaired) electrons. The number of nitrogens with zero attached hydrogens (tertiary/aromatic N) is 2. The van der Waals surface area contributed by atoms with Gasteiger partial charge in [-0.05, 0) is 31.9 Å². The number of para-hydroxylation sites is 2. The number of benzene rings is 1. The first kappa shape index (κ1) is 15.8. The lowest BCUT2D eigenvalue weighted by atomic mass is 9.94. The van der Waals surface area contributed by atoms with Crippen LogP contribution in [-0.2, 0) is 11.3 Å². The van der Waals surface area contributed by atoms with E-state index in [0.29, 0.717) is 24.6 Å². The molecule has 1 heterocycles. The van der Waals surface area contributed by atoms with Crippen molar-refractivity contribution in [1.82, 2.24) is 9.47 Å². The highest BCUT2D eigenvalue weighted by Crippen LogP contribution is 2.23. The first-order valence-electron chi connectivity index (χ1n) is 8.58. The summed E-state index contributed by atoms with van der Waals surface area (Å²) < 4.78 is 6.77. The Bertz CT molecular complexity index is 725. The number of aryl methyl sites for hydroxylation is 1. The Morgan fingerprint density at radius 3 is 2.74 bits per heavy atom. The van der Waals surface area contributed by atoms with E-state index in [1.807, 2.05) is 30.0 Å². The van der Waals surface area contributed by atoms with Crippen molar-refractivity contribution in [3.8, 4) is 0 Å². The van der Waals surface area contributed by atoms with E-state index in [1.54, 1.807) is 10.6 Å². The van der Waals surface area contributed by atoms with Gasteiger partial charge in [-0.1, -0.05) is 31.4 Å². The fraction of sp³-hybridized carbons (Fsp3) is 0.556. The van der Waals surface area contributed by atoms with Crippen LogP contribution in [0.25, 0.3) is 11.1 Å². The summed E-state index contributed by atoms with van der Waals surface area (Å²) in [6.07, 6.45) is 6.25. The van der Waals surface area contributed by atoms with E-state index in [0.717, 1.165) is 24.9 Å². The minimum Gasteiger partial charge on any atom is -0.408 e. The fourth-order valence-electron chi connectivity index (χ4n) is 3.61. The Morgan fingerprint density at radius 1 is 1.26 bits per heavy atom. The van der Waals surface area contributed by atoms with Gasteiger partial charge in [0.1, 0.15) is 0 Å². The van der Waals surface area contributed by atoms with Crippen LogP contribution in [0.5, 0.6) is 0 Å². The molecule has 0 saturated heterocycles. The molecule has 1 amide bonds. The summed E-state index contributed by atoms with van der Waals surface area (Å²) in [5.41, 5.74) is 1.33. The van der Waals surface area contributed by atoms with Crippen molar-refractivity contribution in [1.29, 1.82) is 0 Å². The van der Waals surface area contributed by atoms with Crippen LogP contribution in [0.3, 0.4) is 0 Å². The minimum absolute atomic E-state index is 0.136. The Morgan fingerprint density at radius 2 is 2.00 bits per heavy atom. The molecule has 2 aromatic rings. The third-order valence-electron chi connectivity index (χ3n) is 4.80. The second kappa shape index (κ2) is 7.02. The molecule has 23 heavy (non-hydrogen) atoms. The Labute approximate surface area is 135 Å². The number of fused-ring (bicyclic) bond motifs is 1. The molecule has 1 aliphatic rings. The van der Waals surface area contributed by atoms with Crippen molar-refractivity contribution in [3.05, 3.63) is 34.8 Å². The standard InChI is InChI=1S/C18H24N2O3/c1-2-19(14-8-4-3-5-9-14)17(21)12-13-20-15-10-6-7-11-16(15)23-18(20)22/h6-7,10-11,14H,2-5,8-9,12-13H2,1H3. The molecule has 0 aliphatic heterocycles. The van der Waals surface area contributed by atoms with Crippen LogP contribution in [0.2, 0.25) is 0 Å². The van der Waals surface area contributed by atoms with E-state index >= 15 is 0 Å². The van der Waals surface area contributed by atoms with Gasteiger partial charge in [0.15, 0.2) is 5.58 Å². The van der Waals surface area contributed by atoms with Gasteiger partial charge in [-0.25, -0.2) is 4.79 Å². The molecule has 0 unspecified atom stereocenters. The molecule has 5 nitrogen and oxygen atoms in total. The predicted octanol–water partition coefficient (Wildman–Crippen LogP) is 3.17. The van der Waals surface area contributed by atoms with Gasteiger partial charge >= 0.3 is 5.76 Å². The van der Waals surface area contributed by atoms with Gasteiger partial charge < -0.3 is 9.32 Å².